The molecule has 10 heavy (non-hydrogen) atoms. The van der Waals surface area contributed by atoms with E-state index in [4.69, 9.17) is 0 Å². The molecule has 0 saturated heterocycles. The van der Waals surface area contributed by atoms with Crippen molar-refractivity contribution < 1.29 is 14.3 Å². The molecule has 0 bridgehead atoms. The Hall–Kier alpha value is -1.12. The topological polar surface area (TPSA) is 43.4 Å². The minimum absolute atomic E-state index is 0.225. The Morgan fingerprint density at radius 1 is 1.50 bits per heavy atom. The zero-order chi connectivity index (χ0) is 7.98. The number of rotatable bonds is 2. The van der Waals surface area contributed by atoms with Crippen molar-refractivity contribution in [2.24, 2.45) is 0 Å². The van der Waals surface area contributed by atoms with E-state index in [0.29, 0.717) is 0 Å². The fourth-order valence-electron chi connectivity index (χ4n) is 0.354. The summed E-state index contributed by atoms with van der Waals surface area (Å²) in [6.45, 7) is 3.31. The highest BCUT2D eigenvalue weighted by atomic mass is 16.6. The van der Waals surface area contributed by atoms with Crippen molar-refractivity contribution in [3.8, 4) is 0 Å². The molecular weight excluding hydrogens is 132 g/mol. The van der Waals surface area contributed by atoms with Gasteiger partial charge in [-0.2, -0.15) is 0 Å². The smallest absolute Gasteiger partial charge is 0.338 e. The standard InChI is InChI=1S/C7H10O3/c1-3-5-7(9)10-6(8)4-2/h3,5H,4H2,1-2H3/b5-3-. The van der Waals surface area contributed by atoms with Crippen LogP contribution < -0.4 is 0 Å². The summed E-state index contributed by atoms with van der Waals surface area (Å²) in [5.41, 5.74) is 0. The van der Waals surface area contributed by atoms with Crippen molar-refractivity contribution >= 4 is 11.9 Å². The fraction of sp³-hybridized carbons (Fsp3) is 0.429. The number of allylic oxidation sites excluding steroid dienone is 1. The van der Waals surface area contributed by atoms with Crippen LogP contribution in [0.1, 0.15) is 20.3 Å². The third kappa shape index (κ3) is 3.83. The van der Waals surface area contributed by atoms with Crippen LogP contribution >= 0.6 is 0 Å². The lowest BCUT2D eigenvalue weighted by Crippen LogP contribution is -2.07. The maximum atomic E-state index is 10.5. The normalized spacial score (nSPS) is 9.80. The zero-order valence-electron chi connectivity index (χ0n) is 6.09. The summed E-state index contributed by atoms with van der Waals surface area (Å²) in [4.78, 5) is 20.9. The summed E-state index contributed by atoms with van der Waals surface area (Å²) in [6, 6.07) is 0. The van der Waals surface area contributed by atoms with Gasteiger partial charge in [0.25, 0.3) is 0 Å². The molecule has 0 radical (unpaired) electrons. The first-order chi connectivity index (χ1) is 4.70. The summed E-state index contributed by atoms with van der Waals surface area (Å²) < 4.78 is 4.28. The van der Waals surface area contributed by atoms with Crippen LogP contribution in [0.3, 0.4) is 0 Å². The summed E-state index contributed by atoms with van der Waals surface area (Å²) in [5, 5.41) is 0. The molecule has 0 atom stereocenters. The highest BCUT2D eigenvalue weighted by Crippen LogP contribution is 1.86. The van der Waals surface area contributed by atoms with Gasteiger partial charge in [0.1, 0.15) is 0 Å². The Morgan fingerprint density at radius 2 is 2.10 bits per heavy atom. The van der Waals surface area contributed by atoms with E-state index >= 15 is 0 Å². The van der Waals surface area contributed by atoms with E-state index in [1.807, 2.05) is 0 Å². The summed E-state index contributed by atoms with van der Waals surface area (Å²) in [5.74, 6) is -1.10. The average molecular weight is 142 g/mol. The minimum atomic E-state index is -0.602. The number of hydrogen-bond acceptors (Lipinski definition) is 3. The second-order valence-corrected chi connectivity index (χ2v) is 1.65. The zero-order valence-corrected chi connectivity index (χ0v) is 6.09. The maximum absolute atomic E-state index is 10.5. The van der Waals surface area contributed by atoms with Crippen molar-refractivity contribution in [2.45, 2.75) is 20.3 Å². The van der Waals surface area contributed by atoms with E-state index in [0.717, 1.165) is 0 Å². The van der Waals surface area contributed by atoms with Crippen molar-refractivity contribution in [2.75, 3.05) is 0 Å². The van der Waals surface area contributed by atoms with Gasteiger partial charge in [0.05, 0.1) is 0 Å². The van der Waals surface area contributed by atoms with Crippen LogP contribution in [0.15, 0.2) is 12.2 Å². The van der Waals surface area contributed by atoms with Gasteiger partial charge in [0.15, 0.2) is 0 Å². The molecule has 0 aromatic rings. The third-order valence-corrected chi connectivity index (χ3v) is 0.806. The van der Waals surface area contributed by atoms with Crippen LogP contribution in [-0.2, 0) is 14.3 Å². The van der Waals surface area contributed by atoms with E-state index in [2.05, 4.69) is 4.74 Å². The van der Waals surface area contributed by atoms with Gasteiger partial charge in [-0.25, -0.2) is 4.79 Å². The van der Waals surface area contributed by atoms with Crippen LogP contribution in [0, 0.1) is 0 Å². The summed E-state index contributed by atoms with van der Waals surface area (Å²) >= 11 is 0. The van der Waals surface area contributed by atoms with Crippen LogP contribution in [-0.4, -0.2) is 11.9 Å². The molecule has 0 amide bonds. The minimum Gasteiger partial charge on any atom is -0.390 e. The largest absolute Gasteiger partial charge is 0.390 e. The Balaban J connectivity index is 3.68. The first-order valence-electron chi connectivity index (χ1n) is 3.08. The van der Waals surface area contributed by atoms with Gasteiger partial charge in [-0.1, -0.05) is 13.0 Å². The molecule has 0 aliphatic heterocycles. The predicted octanol–water partition coefficient (Wildman–Crippen LogP) is 1.04. The monoisotopic (exact) mass is 142 g/mol. The highest BCUT2D eigenvalue weighted by Gasteiger charge is 2.02. The molecule has 0 heterocycles. The molecule has 0 N–H and O–H groups in total. The van der Waals surface area contributed by atoms with E-state index in [1.165, 1.54) is 12.2 Å². The molecule has 56 valence electrons. The predicted molar refractivity (Wildman–Crippen MR) is 36.2 cm³/mol. The van der Waals surface area contributed by atoms with E-state index in [-0.39, 0.29) is 6.42 Å². The van der Waals surface area contributed by atoms with Crippen LogP contribution in [0.25, 0.3) is 0 Å². The third-order valence-electron chi connectivity index (χ3n) is 0.806. The molecule has 0 aromatic carbocycles. The quantitative estimate of drug-likeness (QED) is 0.328. The fourth-order valence-corrected chi connectivity index (χ4v) is 0.354. The number of carbonyl (C=O) groups excluding carboxylic acids is 2. The van der Waals surface area contributed by atoms with Crippen LogP contribution in [0.5, 0.6) is 0 Å². The van der Waals surface area contributed by atoms with Gasteiger partial charge >= 0.3 is 11.9 Å². The van der Waals surface area contributed by atoms with Gasteiger partial charge in [0.2, 0.25) is 0 Å². The van der Waals surface area contributed by atoms with E-state index in [1.54, 1.807) is 13.8 Å². The lowest BCUT2D eigenvalue weighted by molar-refractivity contribution is -0.155. The van der Waals surface area contributed by atoms with Crippen molar-refractivity contribution in [1.29, 1.82) is 0 Å². The molecular formula is C7H10O3. The molecule has 0 aliphatic carbocycles. The molecule has 3 nitrogen and oxygen atoms in total. The number of esters is 2. The molecule has 0 aromatic heterocycles. The average Bonchev–Trinajstić information content (AvgIpc) is 1.88. The SMILES string of the molecule is C/C=C\C(=O)OC(=O)CC. The highest BCUT2D eigenvalue weighted by molar-refractivity contribution is 5.91. The Labute approximate surface area is 59.7 Å². The molecule has 0 saturated carbocycles. The van der Waals surface area contributed by atoms with Crippen molar-refractivity contribution in [1.82, 2.24) is 0 Å². The number of hydrogen-bond donors (Lipinski definition) is 0. The Morgan fingerprint density at radius 3 is 2.50 bits per heavy atom. The number of carbonyl (C=O) groups is 2. The second kappa shape index (κ2) is 4.73. The van der Waals surface area contributed by atoms with Gasteiger partial charge in [-0.05, 0) is 6.92 Å². The lowest BCUT2D eigenvalue weighted by Gasteiger charge is -1.93. The van der Waals surface area contributed by atoms with Gasteiger partial charge in [-0.3, -0.25) is 4.79 Å². The van der Waals surface area contributed by atoms with Crippen LogP contribution in [0.2, 0.25) is 0 Å². The summed E-state index contributed by atoms with van der Waals surface area (Å²) in [6.07, 6.45) is 2.95. The van der Waals surface area contributed by atoms with Crippen molar-refractivity contribution in [3.63, 3.8) is 0 Å². The molecule has 3 heteroatoms. The first-order valence-corrected chi connectivity index (χ1v) is 3.08. The Kier molecular flexibility index (Phi) is 4.20. The lowest BCUT2D eigenvalue weighted by atomic mass is 10.5. The molecule has 0 unspecified atom stereocenters. The molecule has 0 aliphatic rings. The summed E-state index contributed by atoms with van der Waals surface area (Å²) in [7, 11) is 0. The van der Waals surface area contributed by atoms with Gasteiger partial charge in [0, 0.05) is 12.5 Å². The second-order valence-electron chi connectivity index (χ2n) is 1.65. The van der Waals surface area contributed by atoms with Crippen molar-refractivity contribution in [3.05, 3.63) is 12.2 Å². The molecule has 0 spiro atoms. The Bertz CT molecular complexity index is 158. The van der Waals surface area contributed by atoms with Gasteiger partial charge in [-0.15, -0.1) is 0 Å². The number of ether oxygens (including phenoxy) is 1. The molecule has 0 fully saturated rings. The van der Waals surface area contributed by atoms with E-state index in [9.17, 15) is 9.59 Å². The maximum Gasteiger partial charge on any atom is 0.338 e. The van der Waals surface area contributed by atoms with Crippen LogP contribution in [0.4, 0.5) is 0 Å². The van der Waals surface area contributed by atoms with Gasteiger partial charge < -0.3 is 4.74 Å². The molecule has 0 rings (SSSR count). The van der Waals surface area contributed by atoms with E-state index < -0.39 is 11.9 Å². The first kappa shape index (κ1) is 8.88.